The lowest BCUT2D eigenvalue weighted by atomic mass is 10.1. The molecule has 7 nitrogen and oxygen atoms in total. The number of aromatic nitrogens is 1. The third-order valence-corrected chi connectivity index (χ3v) is 6.90. The second-order valence-electron chi connectivity index (χ2n) is 8.98. The van der Waals surface area contributed by atoms with Gasteiger partial charge in [-0.05, 0) is 36.2 Å². The fourth-order valence-electron chi connectivity index (χ4n) is 4.18. The van der Waals surface area contributed by atoms with E-state index in [0.29, 0.717) is 28.9 Å². The van der Waals surface area contributed by atoms with Gasteiger partial charge in [0.2, 0.25) is 5.91 Å². The molecule has 1 saturated heterocycles. The Labute approximate surface area is 210 Å². The lowest BCUT2D eigenvalue weighted by Gasteiger charge is -2.36. The van der Waals surface area contributed by atoms with Crippen LogP contribution < -0.4 is 5.32 Å². The van der Waals surface area contributed by atoms with Gasteiger partial charge in [-0.3, -0.25) is 14.6 Å². The molecule has 1 aliphatic heterocycles. The average molecular weight is 504 g/mol. The maximum Gasteiger partial charge on any atom is 0.295 e. The second kappa shape index (κ2) is 11.4. The third kappa shape index (κ3) is 6.63. The highest BCUT2D eigenvalue weighted by atomic mass is 35.5. The van der Waals surface area contributed by atoms with Crippen molar-refractivity contribution in [2.45, 2.75) is 25.4 Å². The predicted octanol–water partition coefficient (Wildman–Crippen LogP) is 4.60. The third-order valence-electron chi connectivity index (χ3n) is 6.16. The minimum atomic E-state index is 0.0542. The van der Waals surface area contributed by atoms with E-state index in [0.717, 1.165) is 50.4 Å². The summed E-state index contributed by atoms with van der Waals surface area (Å²) < 4.78 is 5.88. The number of hydrogen-bond donors (Lipinski definition) is 1. The summed E-state index contributed by atoms with van der Waals surface area (Å²) in [6, 6.07) is 14.1. The van der Waals surface area contributed by atoms with E-state index in [1.807, 2.05) is 42.5 Å². The minimum Gasteiger partial charge on any atom is -0.424 e. The molecule has 1 amide bonds. The van der Waals surface area contributed by atoms with Gasteiger partial charge in [-0.25, -0.2) is 0 Å². The zero-order chi connectivity index (χ0) is 24.1. The molecule has 0 radical (unpaired) electrons. The maximum absolute atomic E-state index is 12.2. The first-order valence-corrected chi connectivity index (χ1v) is 12.3. The molecule has 1 fully saturated rings. The standard InChI is InChI=1S/C25H31Cl2N5O2/c1-30(2)24(33)10-8-19(28-25-29-22-5-3-4-6-23(22)34-25)17-32-13-11-31(12-14-32)16-18-7-9-20(26)21(27)15-18/h3-7,9,15,19H,8,10-14,16-17H2,1-2H3,(H,28,29). The monoisotopic (exact) mass is 503 g/mol. The number of nitrogens with one attached hydrogen (secondary N) is 1. The van der Waals surface area contributed by atoms with Crippen LogP contribution in [0.3, 0.4) is 0 Å². The molecular formula is C25H31Cl2N5O2. The highest BCUT2D eigenvalue weighted by Crippen LogP contribution is 2.24. The first kappa shape index (κ1) is 24.8. The van der Waals surface area contributed by atoms with Gasteiger partial charge in [-0.15, -0.1) is 0 Å². The van der Waals surface area contributed by atoms with Crippen molar-refractivity contribution >= 4 is 46.2 Å². The first-order chi connectivity index (χ1) is 16.4. The lowest BCUT2D eigenvalue weighted by Crippen LogP contribution is -2.49. The number of nitrogens with zero attached hydrogens (tertiary/aromatic N) is 4. The molecule has 1 aromatic heterocycles. The Morgan fingerprint density at radius 2 is 1.82 bits per heavy atom. The quantitative estimate of drug-likeness (QED) is 0.460. The van der Waals surface area contributed by atoms with Gasteiger partial charge in [-0.2, -0.15) is 4.98 Å². The molecule has 3 aromatic rings. The number of piperazine rings is 1. The van der Waals surface area contributed by atoms with Gasteiger partial charge in [0.05, 0.1) is 10.0 Å². The Kier molecular flexibility index (Phi) is 8.32. The lowest BCUT2D eigenvalue weighted by molar-refractivity contribution is -0.128. The number of amides is 1. The van der Waals surface area contributed by atoms with E-state index in [9.17, 15) is 4.79 Å². The number of carbonyl (C=O) groups excluding carboxylic acids is 1. The van der Waals surface area contributed by atoms with Gasteiger partial charge in [-0.1, -0.05) is 41.4 Å². The van der Waals surface area contributed by atoms with Crippen LogP contribution in [0.2, 0.25) is 10.0 Å². The molecule has 1 N–H and O–H groups in total. The van der Waals surface area contributed by atoms with Crippen LogP contribution in [0.4, 0.5) is 6.01 Å². The summed E-state index contributed by atoms with van der Waals surface area (Å²) in [5.74, 6) is 0.121. The molecule has 0 saturated carbocycles. The van der Waals surface area contributed by atoms with Crippen molar-refractivity contribution in [3.8, 4) is 0 Å². The van der Waals surface area contributed by atoms with E-state index in [1.165, 1.54) is 5.56 Å². The van der Waals surface area contributed by atoms with Crippen LogP contribution in [-0.4, -0.2) is 78.5 Å². The van der Waals surface area contributed by atoms with E-state index >= 15 is 0 Å². The van der Waals surface area contributed by atoms with Gasteiger partial charge in [0.1, 0.15) is 5.52 Å². The van der Waals surface area contributed by atoms with Crippen molar-refractivity contribution in [2.75, 3.05) is 52.1 Å². The number of para-hydroxylation sites is 2. The van der Waals surface area contributed by atoms with Gasteiger partial charge >= 0.3 is 0 Å². The summed E-state index contributed by atoms with van der Waals surface area (Å²) in [6.45, 7) is 5.51. The molecular weight excluding hydrogens is 473 g/mol. The van der Waals surface area contributed by atoms with Crippen LogP contribution >= 0.6 is 23.2 Å². The largest absolute Gasteiger partial charge is 0.424 e. The Balaban J connectivity index is 1.34. The van der Waals surface area contributed by atoms with E-state index in [2.05, 4.69) is 20.1 Å². The number of halogens is 2. The first-order valence-electron chi connectivity index (χ1n) is 11.6. The van der Waals surface area contributed by atoms with Crippen LogP contribution in [0, 0.1) is 0 Å². The molecule has 4 rings (SSSR count). The van der Waals surface area contributed by atoms with Crippen molar-refractivity contribution in [1.29, 1.82) is 0 Å². The van der Waals surface area contributed by atoms with E-state index < -0.39 is 0 Å². The van der Waals surface area contributed by atoms with E-state index in [1.54, 1.807) is 19.0 Å². The van der Waals surface area contributed by atoms with Crippen molar-refractivity contribution in [3.05, 3.63) is 58.1 Å². The number of rotatable bonds is 9. The van der Waals surface area contributed by atoms with Crippen LogP contribution in [0.5, 0.6) is 0 Å². The highest BCUT2D eigenvalue weighted by molar-refractivity contribution is 6.42. The van der Waals surface area contributed by atoms with Crippen molar-refractivity contribution < 1.29 is 9.21 Å². The number of benzene rings is 2. The SMILES string of the molecule is CN(C)C(=O)CCC(CN1CCN(Cc2ccc(Cl)c(Cl)c2)CC1)Nc1nc2ccccc2o1. The summed E-state index contributed by atoms with van der Waals surface area (Å²) in [5.41, 5.74) is 2.74. The van der Waals surface area contributed by atoms with Crippen molar-refractivity contribution in [1.82, 2.24) is 19.7 Å². The fourth-order valence-corrected chi connectivity index (χ4v) is 4.50. The number of oxazole rings is 1. The molecule has 9 heteroatoms. The Morgan fingerprint density at radius 3 is 2.53 bits per heavy atom. The minimum absolute atomic E-state index is 0.0542. The zero-order valence-electron chi connectivity index (χ0n) is 19.6. The normalized spacial score (nSPS) is 16.0. The van der Waals surface area contributed by atoms with Crippen LogP contribution in [0.1, 0.15) is 18.4 Å². The molecule has 2 aromatic carbocycles. The van der Waals surface area contributed by atoms with Crippen LogP contribution in [0.25, 0.3) is 11.1 Å². The number of carbonyl (C=O) groups is 1. The Bertz CT molecular complexity index is 1080. The number of hydrogen-bond acceptors (Lipinski definition) is 6. The topological polar surface area (TPSA) is 64.9 Å². The van der Waals surface area contributed by atoms with E-state index in [-0.39, 0.29) is 11.9 Å². The molecule has 0 bridgehead atoms. The summed E-state index contributed by atoms with van der Waals surface area (Å²) in [6.07, 6.45) is 1.18. The molecule has 0 aliphatic carbocycles. The van der Waals surface area contributed by atoms with Gasteiger partial charge in [0.25, 0.3) is 6.01 Å². The van der Waals surface area contributed by atoms with Gasteiger partial charge in [0.15, 0.2) is 5.58 Å². The van der Waals surface area contributed by atoms with Crippen molar-refractivity contribution in [3.63, 3.8) is 0 Å². The smallest absolute Gasteiger partial charge is 0.295 e. The molecule has 1 aliphatic rings. The predicted molar refractivity (Wildman–Crippen MR) is 138 cm³/mol. The van der Waals surface area contributed by atoms with Gasteiger partial charge < -0.3 is 14.6 Å². The molecule has 1 atom stereocenters. The van der Waals surface area contributed by atoms with Gasteiger partial charge in [0, 0.05) is 65.8 Å². The fraction of sp³-hybridized carbons (Fsp3) is 0.440. The summed E-state index contributed by atoms with van der Waals surface area (Å²) >= 11 is 12.2. The number of anilines is 1. The molecule has 182 valence electrons. The average Bonchev–Trinajstić information content (AvgIpc) is 3.23. The molecule has 1 unspecified atom stereocenters. The van der Waals surface area contributed by atoms with Crippen LogP contribution in [-0.2, 0) is 11.3 Å². The highest BCUT2D eigenvalue weighted by Gasteiger charge is 2.22. The maximum atomic E-state index is 12.2. The summed E-state index contributed by atoms with van der Waals surface area (Å²) in [4.78, 5) is 23.3. The molecule has 0 spiro atoms. The zero-order valence-corrected chi connectivity index (χ0v) is 21.1. The number of fused-ring (bicyclic) bond motifs is 1. The summed E-state index contributed by atoms with van der Waals surface area (Å²) in [5, 5.41) is 4.62. The second-order valence-corrected chi connectivity index (χ2v) is 9.79. The van der Waals surface area contributed by atoms with Crippen LogP contribution in [0.15, 0.2) is 46.9 Å². The molecule has 2 heterocycles. The Morgan fingerprint density at radius 1 is 1.09 bits per heavy atom. The Hall–Kier alpha value is -2.32. The van der Waals surface area contributed by atoms with Crippen molar-refractivity contribution in [2.24, 2.45) is 0 Å². The van der Waals surface area contributed by atoms with E-state index in [4.69, 9.17) is 27.6 Å². The molecule has 34 heavy (non-hydrogen) atoms. The summed E-state index contributed by atoms with van der Waals surface area (Å²) in [7, 11) is 3.58.